The van der Waals surface area contributed by atoms with Crippen molar-refractivity contribution in [2.75, 3.05) is 13.2 Å². The molecule has 82 heavy (non-hydrogen) atoms. The monoisotopic (exact) mass is 1150 g/mol. The summed E-state index contributed by atoms with van der Waals surface area (Å²) >= 11 is 0. The molecule has 0 rings (SSSR count). The largest absolute Gasteiger partial charge is 0.462 e. The number of hydrogen-bond donors (Lipinski definition) is 0. The van der Waals surface area contributed by atoms with E-state index in [2.05, 4.69) is 93.7 Å². The van der Waals surface area contributed by atoms with Crippen LogP contribution in [0.2, 0.25) is 0 Å². The van der Waals surface area contributed by atoms with Gasteiger partial charge in [-0.1, -0.05) is 357 Å². The molecule has 0 aromatic rings. The van der Waals surface area contributed by atoms with E-state index in [1.807, 2.05) is 0 Å². The lowest BCUT2D eigenvalue weighted by Crippen LogP contribution is -2.30. The Kier molecular flexibility index (Phi) is 67.6. The van der Waals surface area contributed by atoms with E-state index in [1.54, 1.807) is 0 Å². The maximum absolute atomic E-state index is 12.9. The summed E-state index contributed by atoms with van der Waals surface area (Å²) in [5.41, 5.74) is 0. The molecular weight excluding hydrogens is 1010 g/mol. The minimum atomic E-state index is -0.797. The second-order valence-electron chi connectivity index (χ2n) is 24.1. The van der Waals surface area contributed by atoms with Crippen molar-refractivity contribution in [1.82, 2.24) is 0 Å². The number of rotatable bonds is 66. The molecule has 0 aromatic carbocycles. The van der Waals surface area contributed by atoms with Gasteiger partial charge in [0.25, 0.3) is 0 Å². The third-order valence-electron chi connectivity index (χ3n) is 16.0. The second kappa shape index (κ2) is 70.3. The standard InChI is InChI=1S/C76H136O6/c1-4-7-10-13-16-19-22-24-26-28-30-32-33-34-35-36-37-38-39-40-41-42-43-45-46-48-50-52-54-57-60-63-66-69-75(78)81-72-73(71-80-74(77)68-65-62-59-56-21-18-15-12-9-6-3)82-76(79)70-67-64-61-58-55-53-51-49-47-44-31-29-27-25-23-20-17-14-11-8-5-2/h8,11,17,20,25,27,31,44,49,51,55,58,73H,4-7,9-10,12-16,18-19,21-24,26,28-30,32-43,45-48,50,52-54,56-57,59-72H2,1-3H3/b11-8-,20-17-,27-25-,44-31-,51-49-,58-55-. The summed E-state index contributed by atoms with van der Waals surface area (Å²) < 4.78 is 16.9. The van der Waals surface area contributed by atoms with Crippen LogP contribution in [0.5, 0.6) is 0 Å². The van der Waals surface area contributed by atoms with Gasteiger partial charge in [-0.15, -0.1) is 0 Å². The molecule has 0 amide bonds. The van der Waals surface area contributed by atoms with Crippen molar-refractivity contribution in [2.45, 2.75) is 380 Å². The topological polar surface area (TPSA) is 78.9 Å². The number of esters is 3. The van der Waals surface area contributed by atoms with Crippen LogP contribution in [-0.4, -0.2) is 37.2 Å². The van der Waals surface area contributed by atoms with Crippen LogP contribution in [0.4, 0.5) is 0 Å². The van der Waals surface area contributed by atoms with Crippen molar-refractivity contribution in [2.24, 2.45) is 0 Å². The molecule has 0 aliphatic carbocycles. The van der Waals surface area contributed by atoms with Gasteiger partial charge in [-0.05, 0) is 70.6 Å². The fourth-order valence-corrected chi connectivity index (χ4v) is 10.6. The average Bonchev–Trinajstić information content (AvgIpc) is 3.47. The number of hydrogen-bond acceptors (Lipinski definition) is 6. The summed E-state index contributed by atoms with van der Waals surface area (Å²) in [6, 6.07) is 0. The number of carbonyl (C=O) groups is 3. The van der Waals surface area contributed by atoms with Gasteiger partial charge in [0.05, 0.1) is 0 Å². The SMILES string of the molecule is CC/C=C\C/C=C\C/C=C\C/C=C\C/C=C\C/C=C\CCCCC(=O)OC(COC(=O)CCCCCCCCCCCC)COC(=O)CCCCCCCCCCCCCCCCCCCCCCCCCCCCCCCCCCC. The molecule has 0 fully saturated rings. The Labute approximate surface area is 510 Å². The van der Waals surface area contributed by atoms with E-state index in [-0.39, 0.29) is 37.5 Å². The van der Waals surface area contributed by atoms with Crippen LogP contribution >= 0.6 is 0 Å². The molecule has 0 heterocycles. The lowest BCUT2D eigenvalue weighted by Gasteiger charge is -2.18. The zero-order valence-corrected chi connectivity index (χ0v) is 54.8. The van der Waals surface area contributed by atoms with Gasteiger partial charge in [0, 0.05) is 19.3 Å². The Balaban J connectivity index is 4.13. The van der Waals surface area contributed by atoms with E-state index in [4.69, 9.17) is 14.2 Å². The Hall–Kier alpha value is -3.15. The van der Waals surface area contributed by atoms with Crippen molar-refractivity contribution in [3.05, 3.63) is 72.9 Å². The lowest BCUT2D eigenvalue weighted by atomic mass is 10.0. The first-order valence-electron chi connectivity index (χ1n) is 35.9. The molecule has 476 valence electrons. The molecule has 0 aromatic heterocycles. The van der Waals surface area contributed by atoms with Gasteiger partial charge in [0.2, 0.25) is 0 Å². The van der Waals surface area contributed by atoms with Gasteiger partial charge in [-0.2, -0.15) is 0 Å². The molecule has 0 saturated carbocycles. The van der Waals surface area contributed by atoms with Crippen LogP contribution in [-0.2, 0) is 28.6 Å². The fourth-order valence-electron chi connectivity index (χ4n) is 10.6. The predicted molar refractivity (Wildman–Crippen MR) is 358 cm³/mol. The third kappa shape index (κ3) is 67.6. The molecule has 0 spiro atoms. The molecule has 0 aliphatic heterocycles. The highest BCUT2D eigenvalue weighted by molar-refractivity contribution is 5.71. The van der Waals surface area contributed by atoms with E-state index in [0.717, 1.165) is 89.9 Å². The number of carbonyl (C=O) groups excluding carboxylic acids is 3. The predicted octanol–water partition coefficient (Wildman–Crippen LogP) is 24.8. The van der Waals surface area contributed by atoms with Gasteiger partial charge in [0.15, 0.2) is 6.10 Å². The maximum Gasteiger partial charge on any atom is 0.306 e. The smallest absolute Gasteiger partial charge is 0.306 e. The molecule has 0 aliphatic rings. The number of ether oxygens (including phenoxy) is 3. The van der Waals surface area contributed by atoms with Crippen molar-refractivity contribution in [1.29, 1.82) is 0 Å². The molecular formula is C76H136O6. The minimum absolute atomic E-state index is 0.0890. The van der Waals surface area contributed by atoms with Crippen LogP contribution in [0.15, 0.2) is 72.9 Å². The zero-order valence-electron chi connectivity index (χ0n) is 54.8. The van der Waals surface area contributed by atoms with Crippen LogP contribution in [0, 0.1) is 0 Å². The van der Waals surface area contributed by atoms with Gasteiger partial charge >= 0.3 is 17.9 Å². The van der Waals surface area contributed by atoms with Crippen LogP contribution in [0.3, 0.4) is 0 Å². The van der Waals surface area contributed by atoms with Crippen LogP contribution in [0.1, 0.15) is 374 Å². The van der Waals surface area contributed by atoms with Crippen molar-refractivity contribution in [3.63, 3.8) is 0 Å². The molecule has 1 atom stereocenters. The second-order valence-corrected chi connectivity index (χ2v) is 24.1. The van der Waals surface area contributed by atoms with E-state index in [0.29, 0.717) is 19.3 Å². The lowest BCUT2D eigenvalue weighted by molar-refractivity contribution is -0.167. The molecule has 6 nitrogen and oxygen atoms in total. The quantitative estimate of drug-likeness (QED) is 0.0261. The Morgan fingerprint density at radius 2 is 0.476 bits per heavy atom. The van der Waals surface area contributed by atoms with Gasteiger partial charge in [0.1, 0.15) is 13.2 Å². The third-order valence-corrected chi connectivity index (χ3v) is 16.0. The molecule has 0 saturated heterocycles. The molecule has 1 unspecified atom stereocenters. The summed E-state index contributed by atoms with van der Waals surface area (Å²) in [5, 5.41) is 0. The van der Waals surface area contributed by atoms with Crippen molar-refractivity contribution >= 4 is 17.9 Å². The maximum atomic E-state index is 12.9. The summed E-state index contributed by atoms with van der Waals surface area (Å²) in [6.45, 7) is 6.53. The summed E-state index contributed by atoms with van der Waals surface area (Å²) in [6.07, 6.45) is 92.5. The van der Waals surface area contributed by atoms with Crippen LogP contribution < -0.4 is 0 Å². The summed E-state index contributed by atoms with van der Waals surface area (Å²) in [7, 11) is 0. The summed E-state index contributed by atoms with van der Waals surface area (Å²) in [4.78, 5) is 38.3. The van der Waals surface area contributed by atoms with Crippen molar-refractivity contribution in [3.8, 4) is 0 Å². The van der Waals surface area contributed by atoms with E-state index >= 15 is 0 Å². The molecule has 0 N–H and O–H groups in total. The highest BCUT2D eigenvalue weighted by Crippen LogP contribution is 2.19. The first kappa shape index (κ1) is 78.8. The summed E-state index contributed by atoms with van der Waals surface area (Å²) in [5.74, 6) is -0.916. The zero-order chi connectivity index (χ0) is 59.2. The average molecular weight is 1150 g/mol. The van der Waals surface area contributed by atoms with Gasteiger partial charge in [-0.25, -0.2) is 0 Å². The minimum Gasteiger partial charge on any atom is -0.462 e. The van der Waals surface area contributed by atoms with Gasteiger partial charge in [-0.3, -0.25) is 14.4 Å². The van der Waals surface area contributed by atoms with E-state index < -0.39 is 6.10 Å². The number of allylic oxidation sites excluding steroid dienone is 12. The molecule has 0 bridgehead atoms. The number of unbranched alkanes of at least 4 members (excludes halogenated alkanes) is 43. The molecule has 0 radical (unpaired) electrons. The Bertz CT molecular complexity index is 1500. The Morgan fingerprint density at radius 1 is 0.256 bits per heavy atom. The van der Waals surface area contributed by atoms with E-state index in [9.17, 15) is 14.4 Å². The van der Waals surface area contributed by atoms with Gasteiger partial charge < -0.3 is 14.2 Å². The fraction of sp³-hybridized carbons (Fsp3) is 0.803. The van der Waals surface area contributed by atoms with Crippen LogP contribution in [0.25, 0.3) is 0 Å². The highest BCUT2D eigenvalue weighted by atomic mass is 16.6. The van der Waals surface area contributed by atoms with Crippen molar-refractivity contribution < 1.29 is 28.6 Å². The van der Waals surface area contributed by atoms with E-state index in [1.165, 1.54) is 238 Å². The normalized spacial score (nSPS) is 12.5. The molecule has 6 heteroatoms. The first-order valence-corrected chi connectivity index (χ1v) is 35.9. The highest BCUT2D eigenvalue weighted by Gasteiger charge is 2.19. The first-order chi connectivity index (χ1) is 40.5. The Morgan fingerprint density at radius 3 is 0.744 bits per heavy atom.